The summed E-state index contributed by atoms with van der Waals surface area (Å²) in [6.07, 6.45) is 11.1. The van der Waals surface area contributed by atoms with Crippen LogP contribution in [-0.4, -0.2) is 0 Å². The van der Waals surface area contributed by atoms with Crippen LogP contribution in [0.5, 0.6) is 0 Å². The largest absolute Gasteiger partial charge is 0.0985 e. The van der Waals surface area contributed by atoms with Crippen molar-refractivity contribution in [3.8, 4) is 0 Å². The van der Waals surface area contributed by atoms with E-state index in [9.17, 15) is 0 Å². The van der Waals surface area contributed by atoms with E-state index in [0.717, 1.165) is 18.3 Å². The molecule has 1 aliphatic carbocycles. The lowest BCUT2D eigenvalue weighted by atomic mass is 9.77. The molecular formula is C24H30. The van der Waals surface area contributed by atoms with Crippen LogP contribution in [0.4, 0.5) is 0 Å². The third-order valence-corrected chi connectivity index (χ3v) is 5.66. The normalized spacial score (nSPS) is 20.7. The van der Waals surface area contributed by atoms with E-state index in [4.69, 9.17) is 0 Å². The molecule has 2 aromatic carbocycles. The third-order valence-electron chi connectivity index (χ3n) is 5.66. The fourth-order valence-corrected chi connectivity index (χ4v) is 4.01. The van der Waals surface area contributed by atoms with Crippen molar-refractivity contribution in [1.82, 2.24) is 0 Å². The van der Waals surface area contributed by atoms with Gasteiger partial charge in [-0.1, -0.05) is 68.1 Å². The van der Waals surface area contributed by atoms with Gasteiger partial charge in [0.2, 0.25) is 0 Å². The van der Waals surface area contributed by atoms with Crippen LogP contribution in [0, 0.1) is 11.8 Å². The molecule has 0 radical (unpaired) electrons. The average Bonchev–Trinajstić information content (AvgIpc) is 2.65. The van der Waals surface area contributed by atoms with Crippen LogP contribution in [0.2, 0.25) is 0 Å². The van der Waals surface area contributed by atoms with E-state index in [1.807, 2.05) is 6.08 Å². The van der Waals surface area contributed by atoms with E-state index >= 15 is 0 Å². The second-order valence-electron chi connectivity index (χ2n) is 7.41. The Balaban J connectivity index is 1.47. The van der Waals surface area contributed by atoms with E-state index in [1.54, 1.807) is 0 Å². The van der Waals surface area contributed by atoms with Crippen LogP contribution in [0.1, 0.15) is 54.9 Å². The Kier molecular flexibility index (Phi) is 5.91. The van der Waals surface area contributed by atoms with E-state index in [1.165, 1.54) is 60.8 Å². The zero-order valence-electron chi connectivity index (χ0n) is 15.0. The molecule has 0 saturated heterocycles. The summed E-state index contributed by atoms with van der Waals surface area (Å²) >= 11 is 0. The number of hydrogen-bond donors (Lipinski definition) is 0. The molecule has 0 bridgehead atoms. The van der Waals surface area contributed by atoms with Crippen molar-refractivity contribution in [2.45, 2.75) is 51.9 Å². The Labute approximate surface area is 147 Å². The molecule has 24 heavy (non-hydrogen) atoms. The smallest absolute Gasteiger partial charge is 0.0250 e. The third kappa shape index (κ3) is 4.60. The Bertz CT molecular complexity index is 625. The van der Waals surface area contributed by atoms with Crippen molar-refractivity contribution in [2.24, 2.45) is 11.8 Å². The van der Waals surface area contributed by atoms with Crippen LogP contribution in [-0.2, 0) is 19.3 Å². The van der Waals surface area contributed by atoms with Gasteiger partial charge in [0.1, 0.15) is 0 Å². The van der Waals surface area contributed by atoms with Crippen molar-refractivity contribution in [3.05, 3.63) is 77.4 Å². The van der Waals surface area contributed by atoms with Crippen molar-refractivity contribution in [3.63, 3.8) is 0 Å². The Morgan fingerprint density at radius 1 is 0.750 bits per heavy atom. The lowest BCUT2D eigenvalue weighted by Crippen LogP contribution is -2.18. The second kappa shape index (κ2) is 8.33. The predicted molar refractivity (Wildman–Crippen MR) is 105 cm³/mol. The van der Waals surface area contributed by atoms with Gasteiger partial charge in [0.05, 0.1) is 0 Å². The lowest BCUT2D eigenvalue weighted by Gasteiger charge is -2.28. The van der Waals surface area contributed by atoms with Gasteiger partial charge in [-0.3, -0.25) is 0 Å². The molecule has 0 spiro atoms. The van der Waals surface area contributed by atoms with E-state index < -0.39 is 0 Å². The summed E-state index contributed by atoms with van der Waals surface area (Å²) in [4.78, 5) is 0. The molecule has 0 nitrogen and oxygen atoms in total. The molecule has 1 saturated carbocycles. The Hall–Kier alpha value is -1.82. The topological polar surface area (TPSA) is 0 Å². The first-order valence-electron chi connectivity index (χ1n) is 9.56. The molecule has 0 atom stereocenters. The SMILES string of the molecule is C=Cc1ccc(CC2CCC(Cc3ccc(CC)cc3)CC2)cc1. The molecule has 0 heteroatoms. The monoisotopic (exact) mass is 318 g/mol. The average molecular weight is 319 g/mol. The number of aryl methyl sites for hydroxylation is 1. The number of rotatable bonds is 6. The van der Waals surface area contributed by atoms with E-state index in [0.29, 0.717) is 0 Å². The lowest BCUT2D eigenvalue weighted by molar-refractivity contribution is 0.272. The fraction of sp³-hybridized carbons (Fsp3) is 0.417. The fourth-order valence-electron chi connectivity index (χ4n) is 4.01. The molecule has 3 rings (SSSR count). The Morgan fingerprint density at radius 3 is 1.58 bits per heavy atom. The van der Waals surface area contributed by atoms with Crippen LogP contribution in [0.3, 0.4) is 0 Å². The van der Waals surface area contributed by atoms with Gasteiger partial charge in [-0.15, -0.1) is 0 Å². The minimum atomic E-state index is 0.873. The first-order chi connectivity index (χ1) is 11.8. The highest BCUT2D eigenvalue weighted by atomic mass is 14.3. The van der Waals surface area contributed by atoms with Crippen LogP contribution in [0.25, 0.3) is 6.08 Å². The summed E-state index contributed by atoms with van der Waals surface area (Å²) in [6, 6.07) is 18.2. The molecule has 2 aromatic rings. The molecule has 0 aromatic heterocycles. The maximum atomic E-state index is 3.83. The maximum Gasteiger partial charge on any atom is -0.0250 e. The summed E-state index contributed by atoms with van der Waals surface area (Å²) in [6.45, 7) is 6.05. The van der Waals surface area contributed by atoms with Gasteiger partial charge in [0, 0.05) is 0 Å². The highest BCUT2D eigenvalue weighted by Gasteiger charge is 2.21. The van der Waals surface area contributed by atoms with Crippen molar-refractivity contribution in [1.29, 1.82) is 0 Å². The minimum absolute atomic E-state index is 0.873. The van der Waals surface area contributed by atoms with Gasteiger partial charge in [-0.05, 0) is 79.0 Å². The summed E-state index contributed by atoms with van der Waals surface area (Å²) in [7, 11) is 0. The quantitative estimate of drug-likeness (QED) is 0.571. The van der Waals surface area contributed by atoms with Crippen molar-refractivity contribution >= 4 is 6.08 Å². The summed E-state index contributed by atoms with van der Waals surface area (Å²) < 4.78 is 0. The molecule has 0 amide bonds. The van der Waals surface area contributed by atoms with Crippen LogP contribution in [0.15, 0.2) is 55.1 Å². The molecular weight excluding hydrogens is 288 g/mol. The predicted octanol–water partition coefficient (Wildman–Crippen LogP) is 6.48. The first kappa shape index (κ1) is 17.0. The molecule has 1 fully saturated rings. The summed E-state index contributed by atoms with van der Waals surface area (Å²) in [5, 5.41) is 0. The van der Waals surface area contributed by atoms with Gasteiger partial charge in [-0.25, -0.2) is 0 Å². The van der Waals surface area contributed by atoms with E-state index in [-0.39, 0.29) is 0 Å². The number of benzene rings is 2. The highest BCUT2D eigenvalue weighted by molar-refractivity contribution is 5.47. The maximum absolute atomic E-state index is 3.83. The highest BCUT2D eigenvalue weighted by Crippen LogP contribution is 2.33. The molecule has 0 unspecified atom stereocenters. The van der Waals surface area contributed by atoms with Gasteiger partial charge < -0.3 is 0 Å². The molecule has 0 N–H and O–H groups in total. The second-order valence-corrected chi connectivity index (χ2v) is 7.41. The zero-order chi connectivity index (χ0) is 16.8. The van der Waals surface area contributed by atoms with Gasteiger partial charge in [0.25, 0.3) is 0 Å². The molecule has 0 heterocycles. The Morgan fingerprint density at radius 2 is 1.17 bits per heavy atom. The standard InChI is InChI=1S/C24H30/c1-3-19-5-9-21(10-6-19)17-23-13-15-24(16-14-23)18-22-11-7-20(4-2)8-12-22/h3,5-12,23-24H,1,4,13-18H2,2H3. The van der Waals surface area contributed by atoms with Gasteiger partial charge in [0.15, 0.2) is 0 Å². The molecule has 0 aliphatic heterocycles. The van der Waals surface area contributed by atoms with Gasteiger partial charge >= 0.3 is 0 Å². The minimum Gasteiger partial charge on any atom is -0.0985 e. The van der Waals surface area contributed by atoms with Crippen LogP contribution < -0.4 is 0 Å². The van der Waals surface area contributed by atoms with E-state index in [2.05, 4.69) is 62.0 Å². The molecule has 126 valence electrons. The van der Waals surface area contributed by atoms with Crippen molar-refractivity contribution in [2.75, 3.05) is 0 Å². The first-order valence-corrected chi connectivity index (χ1v) is 9.56. The van der Waals surface area contributed by atoms with Crippen molar-refractivity contribution < 1.29 is 0 Å². The van der Waals surface area contributed by atoms with Gasteiger partial charge in [-0.2, -0.15) is 0 Å². The van der Waals surface area contributed by atoms with Crippen LogP contribution >= 0.6 is 0 Å². The zero-order valence-corrected chi connectivity index (χ0v) is 15.0. The number of hydrogen-bond acceptors (Lipinski definition) is 0. The summed E-state index contributed by atoms with van der Waals surface area (Å²) in [5.41, 5.74) is 5.68. The summed E-state index contributed by atoms with van der Waals surface area (Å²) in [5.74, 6) is 1.76. The molecule has 1 aliphatic rings.